The number of halogens is 4. The first-order valence-electron chi connectivity index (χ1n) is 6.62. The Morgan fingerprint density at radius 3 is 2.57 bits per heavy atom. The fraction of sp³-hybridized carbons (Fsp3) is 0. The van der Waals surface area contributed by atoms with Crippen LogP contribution in [0.3, 0.4) is 0 Å². The molecule has 0 atom stereocenters. The van der Waals surface area contributed by atoms with Gasteiger partial charge in [-0.2, -0.15) is 0 Å². The summed E-state index contributed by atoms with van der Waals surface area (Å²) in [6.07, 6.45) is 2.78. The van der Waals surface area contributed by atoms with Crippen molar-refractivity contribution in [3.8, 4) is 11.3 Å². The molecule has 1 N–H and O–H groups in total. The summed E-state index contributed by atoms with van der Waals surface area (Å²) in [5, 5.41) is 0.131. The Kier molecular flexibility index (Phi) is 2.84. The van der Waals surface area contributed by atoms with E-state index in [0.29, 0.717) is 22.3 Å². The van der Waals surface area contributed by atoms with E-state index in [0.717, 1.165) is 6.07 Å². The molecule has 0 aliphatic carbocycles. The molecule has 0 bridgehead atoms. The number of fused-ring (bicyclic) bond motifs is 2. The van der Waals surface area contributed by atoms with Crippen LogP contribution in [0.1, 0.15) is 0 Å². The number of aromatic amines is 1. The summed E-state index contributed by atoms with van der Waals surface area (Å²) in [4.78, 5) is 11.0. The van der Waals surface area contributed by atoms with Crippen LogP contribution in [0.5, 0.6) is 0 Å². The lowest BCUT2D eigenvalue weighted by Crippen LogP contribution is -1.92. The quantitative estimate of drug-likeness (QED) is 0.419. The van der Waals surface area contributed by atoms with E-state index in [9.17, 15) is 17.6 Å². The van der Waals surface area contributed by atoms with Crippen LogP contribution in [0.15, 0.2) is 36.7 Å². The summed E-state index contributed by atoms with van der Waals surface area (Å²) < 4.78 is 53.8. The van der Waals surface area contributed by atoms with Crippen LogP contribution >= 0.6 is 0 Å². The Bertz CT molecular complexity index is 1070. The van der Waals surface area contributed by atoms with Crippen molar-refractivity contribution in [2.75, 3.05) is 0 Å². The number of nitrogens with one attached hydrogen (secondary N) is 1. The average Bonchev–Trinajstić information content (AvgIpc) is 2.95. The van der Waals surface area contributed by atoms with Crippen molar-refractivity contribution in [2.45, 2.75) is 0 Å². The minimum Gasteiger partial charge on any atom is -0.358 e. The summed E-state index contributed by atoms with van der Waals surface area (Å²) in [5.41, 5.74) is 1.26. The predicted molar refractivity (Wildman–Crippen MR) is 76.7 cm³/mol. The SMILES string of the molecule is Fc1ccc2ncc(-c3c[nH]c4c(F)c(F)c(F)cc34)nc2c1. The van der Waals surface area contributed by atoms with Crippen LogP contribution in [0.25, 0.3) is 33.2 Å². The standard InChI is InChI=1S/C16H7F4N3/c17-7-1-2-11-12(3-7)23-13(6-21-11)9-5-22-16-8(9)4-10(18)14(19)15(16)20/h1-6,22H. The Balaban J connectivity index is 1.99. The van der Waals surface area contributed by atoms with Gasteiger partial charge in [0.05, 0.1) is 28.4 Å². The van der Waals surface area contributed by atoms with Gasteiger partial charge in [-0.3, -0.25) is 4.98 Å². The fourth-order valence-electron chi connectivity index (χ4n) is 2.50. The van der Waals surface area contributed by atoms with E-state index in [2.05, 4.69) is 15.0 Å². The summed E-state index contributed by atoms with van der Waals surface area (Å²) >= 11 is 0. The second kappa shape index (κ2) is 4.77. The van der Waals surface area contributed by atoms with Crippen molar-refractivity contribution < 1.29 is 17.6 Å². The van der Waals surface area contributed by atoms with Gasteiger partial charge in [0.25, 0.3) is 0 Å². The normalized spacial score (nSPS) is 11.5. The third-order valence-corrected chi connectivity index (χ3v) is 3.59. The van der Waals surface area contributed by atoms with E-state index in [1.54, 1.807) is 0 Å². The zero-order valence-corrected chi connectivity index (χ0v) is 11.4. The van der Waals surface area contributed by atoms with E-state index in [-0.39, 0.29) is 10.9 Å². The molecule has 4 rings (SSSR count). The maximum absolute atomic E-state index is 13.8. The molecule has 7 heteroatoms. The van der Waals surface area contributed by atoms with Crippen LogP contribution in [0, 0.1) is 23.3 Å². The van der Waals surface area contributed by atoms with Crippen molar-refractivity contribution in [2.24, 2.45) is 0 Å². The van der Waals surface area contributed by atoms with E-state index in [1.807, 2.05) is 0 Å². The molecule has 0 aliphatic rings. The molecule has 2 heterocycles. The van der Waals surface area contributed by atoms with E-state index in [1.165, 1.54) is 30.6 Å². The largest absolute Gasteiger partial charge is 0.358 e. The van der Waals surface area contributed by atoms with E-state index in [4.69, 9.17) is 0 Å². The highest BCUT2D eigenvalue weighted by Crippen LogP contribution is 2.31. The summed E-state index contributed by atoms with van der Waals surface area (Å²) in [6, 6.07) is 4.83. The van der Waals surface area contributed by atoms with Crippen molar-refractivity contribution >= 4 is 21.9 Å². The zero-order valence-electron chi connectivity index (χ0n) is 11.4. The predicted octanol–water partition coefficient (Wildman–Crippen LogP) is 4.33. The van der Waals surface area contributed by atoms with Crippen LogP contribution in [0.4, 0.5) is 17.6 Å². The minimum atomic E-state index is -1.54. The second-order valence-electron chi connectivity index (χ2n) is 5.00. The van der Waals surface area contributed by atoms with Gasteiger partial charge in [-0.25, -0.2) is 22.5 Å². The number of nitrogens with zero attached hydrogens (tertiary/aromatic N) is 2. The van der Waals surface area contributed by atoms with Gasteiger partial charge in [0, 0.05) is 23.2 Å². The van der Waals surface area contributed by atoms with Crippen molar-refractivity contribution in [3.63, 3.8) is 0 Å². The molecule has 0 fully saturated rings. The highest BCUT2D eigenvalue weighted by atomic mass is 19.2. The molecule has 4 aromatic rings. The molecule has 2 aromatic carbocycles. The first-order chi connectivity index (χ1) is 11.0. The smallest absolute Gasteiger partial charge is 0.196 e. The summed E-state index contributed by atoms with van der Waals surface area (Å²) in [5.74, 6) is -4.61. The number of benzene rings is 2. The van der Waals surface area contributed by atoms with Crippen molar-refractivity contribution in [1.29, 1.82) is 0 Å². The van der Waals surface area contributed by atoms with Gasteiger partial charge in [-0.15, -0.1) is 0 Å². The molecule has 0 radical (unpaired) electrons. The molecule has 3 nitrogen and oxygen atoms in total. The van der Waals surface area contributed by atoms with Gasteiger partial charge in [-0.05, 0) is 18.2 Å². The monoisotopic (exact) mass is 317 g/mol. The molecular formula is C16H7F4N3. The third kappa shape index (κ3) is 2.04. The molecule has 0 aliphatic heterocycles. The average molecular weight is 317 g/mol. The lowest BCUT2D eigenvalue weighted by molar-refractivity contribution is 0.453. The highest BCUT2D eigenvalue weighted by molar-refractivity contribution is 5.95. The lowest BCUT2D eigenvalue weighted by Gasteiger charge is -2.03. The van der Waals surface area contributed by atoms with E-state index < -0.39 is 23.3 Å². The van der Waals surface area contributed by atoms with Crippen LogP contribution < -0.4 is 0 Å². The number of H-pyrrole nitrogens is 1. The molecule has 2 aromatic heterocycles. The Hall–Kier alpha value is -2.96. The maximum atomic E-state index is 13.8. The Morgan fingerprint density at radius 1 is 0.913 bits per heavy atom. The Morgan fingerprint density at radius 2 is 1.74 bits per heavy atom. The van der Waals surface area contributed by atoms with Gasteiger partial charge >= 0.3 is 0 Å². The van der Waals surface area contributed by atoms with E-state index >= 15 is 0 Å². The highest BCUT2D eigenvalue weighted by Gasteiger charge is 2.18. The second-order valence-corrected chi connectivity index (χ2v) is 5.00. The molecule has 0 saturated carbocycles. The van der Waals surface area contributed by atoms with Crippen molar-refractivity contribution in [1.82, 2.24) is 15.0 Å². The third-order valence-electron chi connectivity index (χ3n) is 3.59. The van der Waals surface area contributed by atoms with Gasteiger partial charge in [0.15, 0.2) is 17.5 Å². The van der Waals surface area contributed by atoms with Crippen LogP contribution in [-0.2, 0) is 0 Å². The van der Waals surface area contributed by atoms with Gasteiger partial charge in [0.2, 0.25) is 0 Å². The molecule has 0 unspecified atom stereocenters. The minimum absolute atomic E-state index is 0.131. The summed E-state index contributed by atoms with van der Waals surface area (Å²) in [7, 11) is 0. The fourth-order valence-corrected chi connectivity index (χ4v) is 2.50. The number of hydrogen-bond donors (Lipinski definition) is 1. The lowest BCUT2D eigenvalue weighted by atomic mass is 10.1. The molecule has 114 valence electrons. The number of rotatable bonds is 1. The zero-order chi connectivity index (χ0) is 16.1. The number of hydrogen-bond acceptors (Lipinski definition) is 2. The topological polar surface area (TPSA) is 41.6 Å². The van der Waals surface area contributed by atoms with Gasteiger partial charge < -0.3 is 4.98 Å². The van der Waals surface area contributed by atoms with Crippen molar-refractivity contribution in [3.05, 3.63) is 59.9 Å². The van der Waals surface area contributed by atoms with Gasteiger partial charge in [-0.1, -0.05) is 0 Å². The molecule has 0 spiro atoms. The first-order valence-corrected chi connectivity index (χ1v) is 6.62. The molecule has 23 heavy (non-hydrogen) atoms. The maximum Gasteiger partial charge on any atom is 0.196 e. The van der Waals surface area contributed by atoms with Crippen LogP contribution in [-0.4, -0.2) is 15.0 Å². The van der Waals surface area contributed by atoms with Crippen LogP contribution in [0.2, 0.25) is 0 Å². The molecule has 0 saturated heterocycles. The number of aromatic nitrogens is 3. The molecular weight excluding hydrogens is 310 g/mol. The van der Waals surface area contributed by atoms with Gasteiger partial charge in [0.1, 0.15) is 5.82 Å². The Labute approximate surface area is 126 Å². The summed E-state index contributed by atoms with van der Waals surface area (Å²) in [6.45, 7) is 0. The first kappa shape index (κ1) is 13.7. The molecule has 0 amide bonds.